The van der Waals surface area contributed by atoms with Crippen molar-refractivity contribution in [2.45, 2.75) is 57.3 Å². The zero-order chi connectivity index (χ0) is 13.9. The van der Waals surface area contributed by atoms with E-state index in [1.165, 1.54) is 12.8 Å². The molecule has 1 aromatic carbocycles. The Bertz CT molecular complexity index is 442. The molecule has 20 heavy (non-hydrogen) atoms. The number of benzene rings is 1. The first-order valence-corrected chi connectivity index (χ1v) is 7.90. The molecule has 1 saturated carbocycles. The van der Waals surface area contributed by atoms with Gasteiger partial charge < -0.3 is 9.84 Å². The molecule has 2 fully saturated rings. The van der Waals surface area contributed by atoms with Gasteiger partial charge in [-0.05, 0) is 63.7 Å². The Morgan fingerprint density at radius 2 is 1.85 bits per heavy atom. The first-order valence-electron chi connectivity index (χ1n) is 7.90. The predicted octanol–water partition coefficient (Wildman–Crippen LogP) is 2.75. The molecule has 0 unspecified atom stereocenters. The third kappa shape index (κ3) is 2.84. The van der Waals surface area contributed by atoms with E-state index in [4.69, 9.17) is 4.74 Å². The fourth-order valence-corrected chi connectivity index (χ4v) is 3.57. The van der Waals surface area contributed by atoms with Crippen molar-refractivity contribution in [3.05, 3.63) is 29.8 Å². The van der Waals surface area contributed by atoms with Crippen LogP contribution in [-0.2, 0) is 0 Å². The summed E-state index contributed by atoms with van der Waals surface area (Å²) in [5.74, 6) is 0.915. The van der Waals surface area contributed by atoms with Crippen molar-refractivity contribution >= 4 is 0 Å². The molecular formula is C17H25NO2. The fraction of sp³-hybridized carbons (Fsp3) is 0.647. The van der Waals surface area contributed by atoms with Crippen molar-refractivity contribution in [1.82, 2.24) is 4.90 Å². The van der Waals surface area contributed by atoms with Crippen LogP contribution in [0.5, 0.6) is 5.75 Å². The Morgan fingerprint density at radius 3 is 2.60 bits per heavy atom. The van der Waals surface area contributed by atoms with Crippen LogP contribution >= 0.6 is 0 Å². The van der Waals surface area contributed by atoms with Gasteiger partial charge in [-0.1, -0.05) is 18.2 Å². The van der Waals surface area contributed by atoms with Crippen LogP contribution in [0.15, 0.2) is 24.3 Å². The van der Waals surface area contributed by atoms with Gasteiger partial charge in [0.1, 0.15) is 18.0 Å². The Morgan fingerprint density at radius 1 is 1.10 bits per heavy atom. The van der Waals surface area contributed by atoms with Crippen molar-refractivity contribution < 1.29 is 9.84 Å². The second-order valence-corrected chi connectivity index (χ2v) is 6.15. The Balaban J connectivity index is 1.68. The van der Waals surface area contributed by atoms with Gasteiger partial charge in [0.15, 0.2) is 0 Å². The summed E-state index contributed by atoms with van der Waals surface area (Å²) in [6, 6.07) is 8.37. The van der Waals surface area contributed by atoms with Gasteiger partial charge in [-0.2, -0.15) is 0 Å². The normalized spacial score (nSPS) is 31.4. The lowest BCUT2D eigenvalue weighted by atomic mass is 9.89. The van der Waals surface area contributed by atoms with Crippen molar-refractivity contribution in [3.8, 4) is 5.75 Å². The molecule has 1 aliphatic carbocycles. The number of hydrogen-bond donors (Lipinski definition) is 1. The molecular weight excluding hydrogens is 250 g/mol. The quantitative estimate of drug-likeness (QED) is 0.920. The molecule has 1 aliphatic heterocycles. The van der Waals surface area contributed by atoms with Crippen molar-refractivity contribution in [1.29, 1.82) is 0 Å². The van der Waals surface area contributed by atoms with E-state index in [1.807, 2.05) is 18.2 Å². The van der Waals surface area contributed by atoms with Crippen molar-refractivity contribution in [2.24, 2.45) is 0 Å². The summed E-state index contributed by atoms with van der Waals surface area (Å²) in [6.45, 7) is 4.33. The van der Waals surface area contributed by atoms with Gasteiger partial charge in [-0.3, -0.25) is 4.90 Å². The molecule has 0 spiro atoms. The molecule has 1 N–H and O–H groups in total. The summed E-state index contributed by atoms with van der Waals surface area (Å²) in [5.41, 5.74) is 1.14. The minimum Gasteiger partial charge on any atom is -0.487 e. The van der Waals surface area contributed by atoms with Crippen LogP contribution in [0, 0.1) is 6.92 Å². The van der Waals surface area contributed by atoms with Crippen molar-refractivity contribution in [3.63, 3.8) is 0 Å². The highest BCUT2D eigenvalue weighted by Crippen LogP contribution is 2.30. The second-order valence-electron chi connectivity index (χ2n) is 6.15. The summed E-state index contributed by atoms with van der Waals surface area (Å²) in [4.78, 5) is 2.46. The zero-order valence-electron chi connectivity index (χ0n) is 12.3. The van der Waals surface area contributed by atoms with E-state index < -0.39 is 0 Å². The smallest absolute Gasteiger partial charge is 0.126 e. The van der Waals surface area contributed by atoms with Gasteiger partial charge >= 0.3 is 0 Å². The molecule has 2 aliphatic rings. The number of likely N-dealkylation sites (tertiary alicyclic amines) is 1. The van der Waals surface area contributed by atoms with Crippen LogP contribution in [0.2, 0.25) is 0 Å². The van der Waals surface area contributed by atoms with Crippen LogP contribution in [0.4, 0.5) is 0 Å². The number of aryl methyl sites for hydroxylation is 1. The molecule has 0 radical (unpaired) electrons. The van der Waals surface area contributed by atoms with Crippen LogP contribution in [0.25, 0.3) is 0 Å². The Labute approximate surface area is 121 Å². The molecule has 1 aromatic rings. The van der Waals surface area contributed by atoms with E-state index in [2.05, 4.69) is 17.9 Å². The second kappa shape index (κ2) is 6.15. The number of aliphatic hydroxyl groups excluding tert-OH is 1. The van der Waals surface area contributed by atoms with Gasteiger partial charge in [0.2, 0.25) is 0 Å². The van der Waals surface area contributed by atoms with Gasteiger partial charge in [0.25, 0.3) is 0 Å². The summed E-state index contributed by atoms with van der Waals surface area (Å²) >= 11 is 0. The number of nitrogens with zero attached hydrogens (tertiary/aromatic N) is 1. The number of rotatable bonds is 3. The predicted molar refractivity (Wildman–Crippen MR) is 80.0 cm³/mol. The van der Waals surface area contributed by atoms with E-state index in [0.29, 0.717) is 6.04 Å². The van der Waals surface area contributed by atoms with Crippen LogP contribution in [0.1, 0.15) is 37.7 Å². The molecule has 3 heteroatoms. The highest BCUT2D eigenvalue weighted by atomic mass is 16.5. The highest BCUT2D eigenvalue weighted by molar-refractivity contribution is 5.32. The van der Waals surface area contributed by atoms with Crippen LogP contribution in [0.3, 0.4) is 0 Å². The van der Waals surface area contributed by atoms with Gasteiger partial charge in [-0.15, -0.1) is 0 Å². The summed E-state index contributed by atoms with van der Waals surface area (Å²) in [6.07, 6.45) is 5.33. The molecule has 3 rings (SSSR count). The third-order valence-electron chi connectivity index (χ3n) is 4.75. The van der Waals surface area contributed by atoms with Crippen LogP contribution in [-0.4, -0.2) is 41.3 Å². The van der Waals surface area contributed by atoms with Crippen LogP contribution < -0.4 is 4.74 Å². The topological polar surface area (TPSA) is 32.7 Å². The molecule has 0 aromatic heterocycles. The lowest BCUT2D eigenvalue weighted by Crippen LogP contribution is -2.52. The molecule has 3 nitrogen and oxygen atoms in total. The van der Waals surface area contributed by atoms with Crippen molar-refractivity contribution in [2.75, 3.05) is 13.1 Å². The first kappa shape index (κ1) is 13.9. The molecule has 3 atom stereocenters. The number of hydrogen-bond acceptors (Lipinski definition) is 3. The summed E-state index contributed by atoms with van der Waals surface area (Å²) in [5, 5.41) is 10.7. The average molecular weight is 275 g/mol. The fourth-order valence-electron chi connectivity index (χ4n) is 3.57. The van der Waals surface area contributed by atoms with E-state index in [1.54, 1.807) is 0 Å². The summed E-state index contributed by atoms with van der Waals surface area (Å²) in [7, 11) is 0. The molecule has 1 heterocycles. The lowest BCUT2D eigenvalue weighted by molar-refractivity contribution is -0.0481. The monoisotopic (exact) mass is 275 g/mol. The average Bonchev–Trinajstić information content (AvgIpc) is 2.97. The maximum absolute atomic E-state index is 10.7. The van der Waals surface area contributed by atoms with Gasteiger partial charge in [-0.25, -0.2) is 0 Å². The largest absolute Gasteiger partial charge is 0.487 e. The standard InChI is InChI=1S/C17H25NO2/c1-13-7-2-3-9-15(13)20-16-10-6-8-14(17(16)19)18-11-4-5-12-18/h2-3,7,9,14,16-17,19H,4-6,8,10-12H2,1H3/t14-,16+,17+/m0/s1. The first-order chi connectivity index (χ1) is 9.75. The molecule has 0 amide bonds. The number of para-hydroxylation sites is 1. The minimum atomic E-state index is -0.360. The molecule has 110 valence electrons. The Hall–Kier alpha value is -1.06. The highest BCUT2D eigenvalue weighted by Gasteiger charge is 2.37. The van der Waals surface area contributed by atoms with E-state index >= 15 is 0 Å². The minimum absolute atomic E-state index is 0.0598. The number of aliphatic hydroxyl groups is 1. The molecule has 0 bridgehead atoms. The molecule has 1 saturated heterocycles. The van der Waals surface area contributed by atoms with E-state index in [-0.39, 0.29) is 12.2 Å². The Kier molecular flexibility index (Phi) is 4.27. The SMILES string of the molecule is Cc1ccccc1O[C@@H]1CCC[C@H](N2CCCC2)[C@H]1O. The lowest BCUT2D eigenvalue weighted by Gasteiger charge is -2.39. The number of ether oxygens (including phenoxy) is 1. The third-order valence-corrected chi connectivity index (χ3v) is 4.75. The zero-order valence-corrected chi connectivity index (χ0v) is 12.3. The van der Waals surface area contributed by atoms with E-state index in [9.17, 15) is 5.11 Å². The van der Waals surface area contributed by atoms with E-state index in [0.717, 1.165) is 43.7 Å². The maximum Gasteiger partial charge on any atom is 0.126 e. The van der Waals surface area contributed by atoms with Gasteiger partial charge in [0.05, 0.1) is 0 Å². The summed E-state index contributed by atoms with van der Waals surface area (Å²) < 4.78 is 6.11. The van der Waals surface area contributed by atoms with Gasteiger partial charge in [0, 0.05) is 6.04 Å². The maximum atomic E-state index is 10.7.